The first kappa shape index (κ1) is 31.5. The number of benzene rings is 2. The monoisotopic (exact) mass is 594 g/mol. The molecule has 2 aliphatic rings. The summed E-state index contributed by atoms with van der Waals surface area (Å²) in [6.07, 6.45) is 0.825. The number of amides is 5. The fraction of sp³-hybridized carbons (Fsp3) is 0.419. The van der Waals surface area contributed by atoms with Crippen molar-refractivity contribution in [1.82, 2.24) is 30.5 Å². The van der Waals surface area contributed by atoms with Crippen molar-refractivity contribution in [3.63, 3.8) is 0 Å². The van der Waals surface area contributed by atoms with E-state index in [2.05, 4.69) is 17.2 Å². The molecule has 4 rings (SSSR count). The van der Waals surface area contributed by atoms with Crippen molar-refractivity contribution in [2.75, 3.05) is 39.8 Å². The van der Waals surface area contributed by atoms with Crippen LogP contribution in [0.1, 0.15) is 36.8 Å². The summed E-state index contributed by atoms with van der Waals surface area (Å²) < 4.78 is 18.3. The van der Waals surface area contributed by atoms with Crippen LogP contribution in [0.3, 0.4) is 0 Å². The highest BCUT2D eigenvalue weighted by Gasteiger charge is 2.50. The quantitative estimate of drug-likeness (QED) is 0.305. The molecule has 0 aromatic heterocycles. The number of ether oxygens (including phenoxy) is 1. The molecule has 2 fully saturated rings. The normalized spacial score (nSPS) is 19.5. The van der Waals surface area contributed by atoms with Crippen molar-refractivity contribution in [2.24, 2.45) is 0 Å². The van der Waals surface area contributed by atoms with Crippen LogP contribution in [0, 0.1) is 5.82 Å². The molecule has 43 heavy (non-hydrogen) atoms. The van der Waals surface area contributed by atoms with E-state index in [1.165, 1.54) is 28.1 Å². The zero-order valence-electron chi connectivity index (χ0n) is 24.6. The standard InChI is InChI=1S/C31H39FN6O5/c1-4-17-43-31(42)33-16-8-11-26-29(40)36(19-22(2)24-9-6-5-7-10-24)20-27-37(26)28(39)21-35(3)38(27)30(41)34-18-23-12-14-25(32)15-13-23/h4-7,9-10,12-15,22,26-27H,1,8,11,16-21H2,2-3H3,(H,33,42)(H,34,41)/t22?,26-,27?/m0/s1. The summed E-state index contributed by atoms with van der Waals surface area (Å²) in [5.41, 5.74) is 1.79. The van der Waals surface area contributed by atoms with Gasteiger partial charge in [0.25, 0.3) is 0 Å². The molecule has 11 nitrogen and oxygen atoms in total. The number of piperazine rings is 1. The number of alkyl carbamates (subject to hydrolysis) is 1. The van der Waals surface area contributed by atoms with Gasteiger partial charge < -0.3 is 25.2 Å². The van der Waals surface area contributed by atoms with Gasteiger partial charge in [-0.25, -0.2) is 24.0 Å². The number of halogens is 1. The molecule has 0 bridgehead atoms. The number of likely N-dealkylation sites (N-methyl/N-ethyl adjacent to an activating group) is 1. The number of nitrogens with zero attached hydrogens (tertiary/aromatic N) is 4. The van der Waals surface area contributed by atoms with Crippen molar-refractivity contribution >= 4 is 23.9 Å². The zero-order chi connectivity index (χ0) is 30.9. The van der Waals surface area contributed by atoms with E-state index < -0.39 is 24.3 Å². The predicted molar refractivity (Wildman–Crippen MR) is 158 cm³/mol. The molecule has 230 valence electrons. The van der Waals surface area contributed by atoms with E-state index in [-0.39, 0.29) is 62.8 Å². The van der Waals surface area contributed by atoms with Crippen LogP contribution >= 0.6 is 0 Å². The van der Waals surface area contributed by atoms with E-state index in [1.807, 2.05) is 37.3 Å². The molecular formula is C31H39FN6O5. The Hall–Kier alpha value is -4.45. The molecule has 0 aliphatic carbocycles. The summed E-state index contributed by atoms with van der Waals surface area (Å²) in [7, 11) is 1.66. The number of hydrazine groups is 1. The molecule has 0 radical (unpaired) electrons. The third-order valence-corrected chi connectivity index (χ3v) is 7.62. The molecular weight excluding hydrogens is 555 g/mol. The average molecular weight is 595 g/mol. The second-order valence-electron chi connectivity index (χ2n) is 10.8. The minimum atomic E-state index is -0.818. The molecule has 2 unspecified atom stereocenters. The van der Waals surface area contributed by atoms with E-state index >= 15 is 0 Å². The number of hydrogen-bond acceptors (Lipinski definition) is 6. The van der Waals surface area contributed by atoms with Gasteiger partial charge in [0.05, 0.1) is 13.1 Å². The highest BCUT2D eigenvalue weighted by atomic mass is 19.1. The summed E-state index contributed by atoms with van der Waals surface area (Å²) in [4.78, 5) is 56.0. The maximum absolute atomic E-state index is 13.9. The van der Waals surface area contributed by atoms with Crippen LogP contribution in [-0.2, 0) is 20.9 Å². The predicted octanol–water partition coefficient (Wildman–Crippen LogP) is 3.06. The van der Waals surface area contributed by atoms with Gasteiger partial charge in [0, 0.05) is 26.7 Å². The van der Waals surface area contributed by atoms with Crippen molar-refractivity contribution in [3.05, 3.63) is 84.2 Å². The van der Waals surface area contributed by atoms with Crippen molar-refractivity contribution in [1.29, 1.82) is 0 Å². The third-order valence-electron chi connectivity index (χ3n) is 7.62. The number of carbonyl (C=O) groups is 4. The third kappa shape index (κ3) is 7.89. The molecule has 3 atom stereocenters. The fourth-order valence-corrected chi connectivity index (χ4v) is 5.50. The molecule has 0 saturated carbocycles. The molecule has 12 heteroatoms. The molecule has 2 saturated heterocycles. The topological polar surface area (TPSA) is 115 Å². The van der Waals surface area contributed by atoms with Crippen LogP contribution in [0.2, 0.25) is 0 Å². The van der Waals surface area contributed by atoms with E-state index in [1.54, 1.807) is 29.1 Å². The van der Waals surface area contributed by atoms with Gasteiger partial charge in [-0.3, -0.25) is 9.59 Å². The largest absolute Gasteiger partial charge is 0.445 e. The molecule has 2 aliphatic heterocycles. The lowest BCUT2D eigenvalue weighted by Gasteiger charge is -2.54. The summed E-state index contributed by atoms with van der Waals surface area (Å²) in [5.74, 6) is -0.816. The zero-order valence-corrected chi connectivity index (χ0v) is 24.6. The Balaban J connectivity index is 1.53. The van der Waals surface area contributed by atoms with Crippen LogP contribution in [0.4, 0.5) is 14.0 Å². The summed E-state index contributed by atoms with van der Waals surface area (Å²) in [6.45, 7) is 6.49. The first-order valence-corrected chi connectivity index (χ1v) is 14.4. The van der Waals surface area contributed by atoms with Gasteiger partial charge in [0.15, 0.2) is 0 Å². The Bertz CT molecular complexity index is 1290. The highest BCUT2D eigenvalue weighted by Crippen LogP contribution is 2.29. The van der Waals surface area contributed by atoms with Crippen LogP contribution in [-0.4, -0.2) is 95.8 Å². The number of urea groups is 1. The van der Waals surface area contributed by atoms with E-state index in [0.717, 1.165) is 11.1 Å². The molecule has 2 N–H and O–H groups in total. The second kappa shape index (κ2) is 14.6. The maximum Gasteiger partial charge on any atom is 0.407 e. The molecule has 5 amide bonds. The van der Waals surface area contributed by atoms with E-state index in [9.17, 15) is 23.6 Å². The van der Waals surface area contributed by atoms with Gasteiger partial charge in [-0.15, -0.1) is 0 Å². The lowest BCUT2D eigenvalue weighted by Crippen LogP contribution is -2.76. The first-order chi connectivity index (χ1) is 20.7. The number of nitrogens with one attached hydrogen (secondary N) is 2. The smallest absolute Gasteiger partial charge is 0.407 e. The number of carbonyl (C=O) groups excluding carboxylic acids is 4. The molecule has 2 heterocycles. The average Bonchev–Trinajstić information content (AvgIpc) is 2.99. The Morgan fingerprint density at radius 3 is 2.53 bits per heavy atom. The van der Waals surface area contributed by atoms with E-state index in [0.29, 0.717) is 13.0 Å². The summed E-state index contributed by atoms with van der Waals surface area (Å²) in [6, 6.07) is 14.4. The van der Waals surface area contributed by atoms with E-state index in [4.69, 9.17) is 4.74 Å². The van der Waals surface area contributed by atoms with Crippen LogP contribution in [0.25, 0.3) is 0 Å². The van der Waals surface area contributed by atoms with Gasteiger partial charge in [0.2, 0.25) is 11.8 Å². The Kier molecular flexibility index (Phi) is 10.7. The Morgan fingerprint density at radius 1 is 1.12 bits per heavy atom. The minimum absolute atomic E-state index is 0.0106. The lowest BCUT2D eigenvalue weighted by molar-refractivity contribution is -0.187. The number of hydrogen-bond donors (Lipinski definition) is 2. The molecule has 0 spiro atoms. The minimum Gasteiger partial charge on any atom is -0.445 e. The highest BCUT2D eigenvalue weighted by molar-refractivity contribution is 5.91. The summed E-state index contributed by atoms with van der Waals surface area (Å²) >= 11 is 0. The van der Waals surface area contributed by atoms with Crippen molar-refractivity contribution in [2.45, 2.75) is 44.4 Å². The molecule has 2 aromatic rings. The first-order valence-electron chi connectivity index (χ1n) is 14.4. The molecule has 2 aromatic carbocycles. The van der Waals surface area contributed by atoms with Gasteiger partial charge in [-0.05, 0) is 42.0 Å². The van der Waals surface area contributed by atoms with Gasteiger partial charge in [0.1, 0.15) is 24.6 Å². The van der Waals surface area contributed by atoms with Gasteiger partial charge >= 0.3 is 12.1 Å². The number of rotatable bonds is 11. The van der Waals surface area contributed by atoms with Crippen LogP contribution in [0.5, 0.6) is 0 Å². The fourth-order valence-electron chi connectivity index (χ4n) is 5.50. The van der Waals surface area contributed by atoms with Crippen molar-refractivity contribution in [3.8, 4) is 0 Å². The lowest BCUT2D eigenvalue weighted by atomic mass is 9.97. The summed E-state index contributed by atoms with van der Waals surface area (Å²) in [5, 5.41) is 8.56. The SMILES string of the molecule is C=CCOC(=O)NCCC[C@H]1C(=O)N(CC(C)c2ccccc2)CC2N1C(=O)CN(C)N2C(=O)NCc1ccc(F)cc1. The maximum atomic E-state index is 13.9. The van der Waals surface area contributed by atoms with Crippen molar-refractivity contribution < 1.29 is 28.3 Å². The van der Waals surface area contributed by atoms with Gasteiger partial charge in [-0.2, -0.15) is 0 Å². The second-order valence-corrected chi connectivity index (χ2v) is 10.8. The van der Waals surface area contributed by atoms with Crippen LogP contribution < -0.4 is 10.6 Å². The van der Waals surface area contributed by atoms with Crippen LogP contribution in [0.15, 0.2) is 67.3 Å². The Labute approximate surface area is 251 Å². The number of fused-ring (bicyclic) bond motifs is 1. The Morgan fingerprint density at radius 2 is 1.84 bits per heavy atom. The van der Waals surface area contributed by atoms with Gasteiger partial charge in [-0.1, -0.05) is 62.0 Å².